The van der Waals surface area contributed by atoms with Gasteiger partial charge in [0.25, 0.3) is 6.04 Å². The molecule has 2 aliphatic rings. The van der Waals surface area contributed by atoms with Crippen LogP contribution in [0.1, 0.15) is 30.7 Å². The molecule has 0 aromatic heterocycles. The van der Waals surface area contributed by atoms with Gasteiger partial charge < -0.3 is 4.48 Å². The number of benzene rings is 1. The van der Waals surface area contributed by atoms with Crippen LogP contribution >= 0.6 is 0 Å². The van der Waals surface area contributed by atoms with Crippen molar-refractivity contribution in [2.75, 3.05) is 20.1 Å². The van der Waals surface area contributed by atoms with E-state index in [2.05, 4.69) is 19.2 Å². The van der Waals surface area contributed by atoms with Crippen molar-refractivity contribution < 1.29 is 9.41 Å². The summed E-state index contributed by atoms with van der Waals surface area (Å²) in [6.45, 7) is 2.11. The molecule has 0 radical (unpaired) electrons. The SMILES string of the molecule is C[N+]1([C@H]2C=CC[C@@H](c3ccccc3)[C@@H]2[N+](=O)[O-])CCCC1. The second kappa shape index (κ2) is 5.60. The van der Waals surface area contributed by atoms with Crippen molar-refractivity contribution in [1.29, 1.82) is 0 Å². The van der Waals surface area contributed by atoms with Gasteiger partial charge in [-0.25, -0.2) is 0 Å². The highest BCUT2D eigenvalue weighted by atomic mass is 16.6. The van der Waals surface area contributed by atoms with E-state index in [4.69, 9.17) is 0 Å². The monoisotopic (exact) mass is 287 g/mol. The molecule has 112 valence electrons. The summed E-state index contributed by atoms with van der Waals surface area (Å²) in [5.74, 6) is -0.00764. The van der Waals surface area contributed by atoms with E-state index in [1.807, 2.05) is 30.3 Å². The number of rotatable bonds is 3. The first kappa shape index (κ1) is 14.3. The lowest BCUT2D eigenvalue weighted by atomic mass is 9.80. The summed E-state index contributed by atoms with van der Waals surface area (Å²) in [4.78, 5) is 11.8. The van der Waals surface area contributed by atoms with Crippen molar-refractivity contribution in [3.8, 4) is 0 Å². The third kappa shape index (κ3) is 2.60. The molecule has 3 atom stereocenters. The van der Waals surface area contributed by atoms with Gasteiger partial charge in [-0.05, 0) is 18.1 Å². The maximum atomic E-state index is 11.8. The zero-order chi connectivity index (χ0) is 14.9. The van der Waals surface area contributed by atoms with Gasteiger partial charge in [-0.2, -0.15) is 0 Å². The molecule has 0 saturated carbocycles. The molecule has 1 aromatic carbocycles. The molecular weight excluding hydrogens is 264 g/mol. The van der Waals surface area contributed by atoms with E-state index in [-0.39, 0.29) is 16.9 Å². The quantitative estimate of drug-likeness (QED) is 0.371. The molecule has 21 heavy (non-hydrogen) atoms. The molecule has 0 N–H and O–H groups in total. The summed E-state index contributed by atoms with van der Waals surface area (Å²) in [5.41, 5.74) is 1.10. The van der Waals surface area contributed by atoms with Crippen molar-refractivity contribution in [2.45, 2.75) is 37.3 Å². The van der Waals surface area contributed by atoms with Crippen molar-refractivity contribution >= 4 is 0 Å². The maximum absolute atomic E-state index is 11.8. The number of quaternary nitrogens is 1. The Bertz CT molecular complexity index is 535. The molecule has 1 heterocycles. The number of nitro groups is 1. The highest BCUT2D eigenvalue weighted by Crippen LogP contribution is 2.37. The van der Waals surface area contributed by atoms with Crippen LogP contribution in [0, 0.1) is 10.1 Å². The van der Waals surface area contributed by atoms with E-state index in [0.717, 1.165) is 29.6 Å². The summed E-state index contributed by atoms with van der Waals surface area (Å²) >= 11 is 0. The van der Waals surface area contributed by atoms with Crippen molar-refractivity contribution in [2.24, 2.45) is 0 Å². The van der Waals surface area contributed by atoms with E-state index in [0.29, 0.717) is 0 Å². The lowest BCUT2D eigenvalue weighted by Gasteiger charge is -2.40. The fourth-order valence-corrected chi connectivity index (χ4v) is 4.09. The van der Waals surface area contributed by atoms with Gasteiger partial charge in [0.05, 0.1) is 26.1 Å². The molecule has 4 nitrogen and oxygen atoms in total. The summed E-state index contributed by atoms with van der Waals surface area (Å²) in [7, 11) is 2.19. The molecule has 0 amide bonds. The zero-order valence-electron chi connectivity index (χ0n) is 12.5. The topological polar surface area (TPSA) is 43.1 Å². The van der Waals surface area contributed by atoms with Crippen LogP contribution < -0.4 is 0 Å². The van der Waals surface area contributed by atoms with Crippen LogP contribution in [0.5, 0.6) is 0 Å². The summed E-state index contributed by atoms with van der Waals surface area (Å²) < 4.78 is 0.825. The van der Waals surface area contributed by atoms with Crippen LogP contribution in [0.2, 0.25) is 0 Å². The minimum Gasteiger partial charge on any atom is -0.315 e. The van der Waals surface area contributed by atoms with Crippen LogP contribution in [0.15, 0.2) is 42.5 Å². The molecular formula is C17H23N2O2+. The molecule has 4 heteroatoms. The Morgan fingerprint density at radius 1 is 1.19 bits per heavy atom. The van der Waals surface area contributed by atoms with Gasteiger partial charge in [0, 0.05) is 17.8 Å². The van der Waals surface area contributed by atoms with Gasteiger partial charge in [0.1, 0.15) is 0 Å². The Balaban J connectivity index is 1.96. The normalized spacial score (nSPS) is 31.2. The van der Waals surface area contributed by atoms with Gasteiger partial charge in [-0.15, -0.1) is 0 Å². The molecule has 3 rings (SSSR count). The Morgan fingerprint density at radius 2 is 1.86 bits per heavy atom. The van der Waals surface area contributed by atoms with E-state index < -0.39 is 6.04 Å². The van der Waals surface area contributed by atoms with Gasteiger partial charge in [-0.3, -0.25) is 10.1 Å². The lowest BCUT2D eigenvalue weighted by molar-refractivity contribution is -0.928. The van der Waals surface area contributed by atoms with Crippen LogP contribution in [-0.2, 0) is 0 Å². The molecule has 1 aromatic rings. The third-order valence-corrected chi connectivity index (χ3v) is 5.26. The predicted octanol–water partition coefficient (Wildman–Crippen LogP) is 2.98. The highest BCUT2D eigenvalue weighted by molar-refractivity contribution is 5.25. The van der Waals surface area contributed by atoms with Gasteiger partial charge in [0.2, 0.25) is 0 Å². The van der Waals surface area contributed by atoms with E-state index in [9.17, 15) is 10.1 Å². The van der Waals surface area contributed by atoms with Crippen molar-refractivity contribution in [3.05, 3.63) is 58.2 Å². The van der Waals surface area contributed by atoms with Crippen LogP contribution in [0.3, 0.4) is 0 Å². The van der Waals surface area contributed by atoms with Crippen LogP contribution in [-0.4, -0.2) is 41.6 Å². The Labute approximate surface area is 125 Å². The van der Waals surface area contributed by atoms with Gasteiger partial charge >= 0.3 is 0 Å². The van der Waals surface area contributed by atoms with E-state index in [1.165, 1.54) is 12.8 Å². The van der Waals surface area contributed by atoms with Crippen molar-refractivity contribution in [3.63, 3.8) is 0 Å². The second-order valence-electron chi connectivity index (χ2n) is 6.58. The number of allylic oxidation sites excluding steroid dienone is 1. The zero-order valence-corrected chi connectivity index (χ0v) is 12.5. The Morgan fingerprint density at radius 3 is 2.48 bits per heavy atom. The van der Waals surface area contributed by atoms with E-state index >= 15 is 0 Å². The van der Waals surface area contributed by atoms with Gasteiger partial charge in [-0.1, -0.05) is 36.4 Å². The number of nitrogens with zero attached hydrogens (tertiary/aromatic N) is 2. The fourth-order valence-electron chi connectivity index (χ4n) is 4.09. The maximum Gasteiger partial charge on any atom is 0.274 e. The number of hydrogen-bond acceptors (Lipinski definition) is 2. The van der Waals surface area contributed by atoms with Crippen molar-refractivity contribution in [1.82, 2.24) is 0 Å². The molecule has 1 fully saturated rings. The third-order valence-electron chi connectivity index (χ3n) is 5.26. The minimum absolute atomic E-state index is 0.00135. The largest absolute Gasteiger partial charge is 0.315 e. The fraction of sp³-hybridized carbons (Fsp3) is 0.529. The Kier molecular flexibility index (Phi) is 3.81. The smallest absolute Gasteiger partial charge is 0.274 e. The highest BCUT2D eigenvalue weighted by Gasteiger charge is 2.50. The van der Waals surface area contributed by atoms with Gasteiger partial charge in [0.15, 0.2) is 6.04 Å². The average molecular weight is 287 g/mol. The molecule has 1 saturated heterocycles. The molecule has 0 bridgehead atoms. The second-order valence-corrected chi connectivity index (χ2v) is 6.58. The molecule has 1 aliphatic carbocycles. The minimum atomic E-state index is -0.513. The predicted molar refractivity (Wildman–Crippen MR) is 82.7 cm³/mol. The summed E-state index contributed by atoms with van der Waals surface area (Å²) in [5, 5.41) is 11.8. The molecule has 0 unspecified atom stereocenters. The first-order chi connectivity index (χ1) is 10.1. The lowest BCUT2D eigenvalue weighted by Crippen LogP contribution is -2.58. The first-order valence-corrected chi connectivity index (χ1v) is 7.81. The molecule has 1 aliphatic heterocycles. The van der Waals surface area contributed by atoms with E-state index in [1.54, 1.807) is 0 Å². The number of hydrogen-bond donors (Lipinski definition) is 0. The summed E-state index contributed by atoms with van der Waals surface area (Å²) in [6.07, 6.45) is 7.40. The number of likely N-dealkylation sites (tertiary alicyclic amines) is 1. The first-order valence-electron chi connectivity index (χ1n) is 7.81. The average Bonchev–Trinajstić information content (AvgIpc) is 2.95. The number of likely N-dealkylation sites (N-methyl/N-ethyl adjacent to an activating group) is 1. The van der Waals surface area contributed by atoms with Crippen LogP contribution in [0.25, 0.3) is 0 Å². The molecule has 0 spiro atoms. The summed E-state index contributed by atoms with van der Waals surface area (Å²) in [6, 6.07) is 9.47. The standard InChI is InChI=1S/C17H23N2O2/c1-19(12-5-6-13-19)16-11-7-10-15(17(16)18(20)21)14-8-3-2-4-9-14/h2-4,7-9,11,15-17H,5-6,10,12-13H2,1H3/q+1/t15-,16-,17-/m0/s1. The Hall–Kier alpha value is -1.68. The van der Waals surface area contributed by atoms with Crippen LogP contribution in [0.4, 0.5) is 0 Å².